The number of piperidine rings is 1. The molecule has 214 valence electrons. The van der Waals surface area contributed by atoms with Crippen LogP contribution in [0.5, 0.6) is 0 Å². The summed E-state index contributed by atoms with van der Waals surface area (Å²) in [6.07, 6.45) is -10.4. The minimum atomic E-state index is -5.32. The average Bonchev–Trinajstić information content (AvgIpc) is 2.88. The van der Waals surface area contributed by atoms with Gasteiger partial charge >= 0.3 is 30.0 Å². The van der Waals surface area contributed by atoms with Crippen molar-refractivity contribution < 1.29 is 53.9 Å². The highest BCUT2D eigenvalue weighted by atomic mass is 32.2. The van der Waals surface area contributed by atoms with Crippen molar-refractivity contribution >= 4 is 38.4 Å². The molecule has 7 nitrogen and oxygen atoms in total. The molecule has 1 aliphatic heterocycles. The van der Waals surface area contributed by atoms with Crippen molar-refractivity contribution in [1.29, 1.82) is 0 Å². The molecule has 14 heteroatoms. The molecule has 1 aromatic heterocycles. The number of amides is 1. The Kier molecular flexibility index (Phi) is 7.37. The van der Waals surface area contributed by atoms with Gasteiger partial charge < -0.3 is 0 Å². The van der Waals surface area contributed by atoms with Crippen LogP contribution in [0, 0.1) is 5.92 Å². The highest BCUT2D eigenvalue weighted by molar-refractivity contribution is 7.92. The SMILES string of the molecule is CC(C)(C1CCN(c2ccc3ccccc3[n+]2OC(=O)C(F)(F)F)C(=O)C1)S(=O)(=O)c1cccc(C(F)(F)F)c1. The van der Waals surface area contributed by atoms with Gasteiger partial charge in [-0.25, -0.2) is 22.8 Å². The molecule has 0 spiro atoms. The van der Waals surface area contributed by atoms with Crippen LogP contribution in [0.4, 0.5) is 32.2 Å². The quantitative estimate of drug-likeness (QED) is 0.320. The van der Waals surface area contributed by atoms with Crippen molar-refractivity contribution in [2.75, 3.05) is 11.4 Å². The number of anilines is 1. The summed E-state index contributed by atoms with van der Waals surface area (Å²) in [4.78, 5) is 30.2. The maximum absolute atomic E-state index is 13.4. The number of benzene rings is 2. The maximum atomic E-state index is 13.4. The Hall–Kier alpha value is -3.68. The van der Waals surface area contributed by atoms with E-state index in [1.807, 2.05) is 0 Å². The van der Waals surface area contributed by atoms with Gasteiger partial charge in [0.25, 0.3) is 0 Å². The number of aromatic nitrogens is 1. The van der Waals surface area contributed by atoms with Crippen LogP contribution < -0.4 is 14.5 Å². The van der Waals surface area contributed by atoms with Crippen molar-refractivity contribution in [3.05, 3.63) is 66.2 Å². The van der Waals surface area contributed by atoms with Crippen molar-refractivity contribution in [2.24, 2.45) is 5.92 Å². The van der Waals surface area contributed by atoms with E-state index in [9.17, 15) is 44.3 Å². The highest BCUT2D eigenvalue weighted by Crippen LogP contribution is 2.40. The predicted molar refractivity (Wildman–Crippen MR) is 130 cm³/mol. The molecule has 0 aliphatic carbocycles. The summed E-state index contributed by atoms with van der Waals surface area (Å²) in [6, 6.07) is 12.2. The van der Waals surface area contributed by atoms with Gasteiger partial charge in [0, 0.05) is 11.5 Å². The van der Waals surface area contributed by atoms with Crippen LogP contribution in [0.15, 0.2) is 65.6 Å². The van der Waals surface area contributed by atoms with Gasteiger partial charge in [0.2, 0.25) is 0 Å². The summed E-state index contributed by atoms with van der Waals surface area (Å²) in [5.74, 6) is -4.21. The largest absolute Gasteiger partial charge is 0.495 e. The van der Waals surface area contributed by atoms with E-state index >= 15 is 0 Å². The zero-order chi connectivity index (χ0) is 29.7. The van der Waals surface area contributed by atoms with Crippen molar-refractivity contribution in [3.8, 4) is 0 Å². The van der Waals surface area contributed by atoms with Crippen molar-refractivity contribution in [1.82, 2.24) is 0 Å². The standard InChI is InChI=1S/C26H23F6N2O5S/c1-24(2,40(37,38)19-8-5-7-18(14-19)25(27,28)29)17-12-13-33(22(35)15-17)21-11-10-16-6-3-4-9-20(16)34(21)39-23(36)26(30,31)32/h3-11,14,17H,12-13,15H2,1-2H3/q+1. The third-order valence-electron chi connectivity index (χ3n) is 7.03. The zero-order valence-corrected chi connectivity index (χ0v) is 21.9. The summed E-state index contributed by atoms with van der Waals surface area (Å²) in [7, 11) is -4.37. The second kappa shape index (κ2) is 10.1. The molecule has 1 atom stereocenters. The van der Waals surface area contributed by atoms with Gasteiger partial charge in [-0.2, -0.15) is 31.2 Å². The summed E-state index contributed by atoms with van der Waals surface area (Å²) in [5, 5.41) is 0.414. The lowest BCUT2D eigenvalue weighted by Gasteiger charge is -2.37. The number of fused-ring (bicyclic) bond motifs is 1. The fraction of sp³-hybridized carbons (Fsp3) is 0.346. The fourth-order valence-corrected chi connectivity index (χ4v) is 6.42. The Labute approximate surface area is 224 Å². The molecule has 2 aromatic carbocycles. The number of hydrogen-bond donors (Lipinski definition) is 0. The van der Waals surface area contributed by atoms with Gasteiger partial charge in [-0.05, 0) is 61.2 Å². The number of sulfone groups is 1. The Morgan fingerprint density at radius 2 is 1.65 bits per heavy atom. The van der Waals surface area contributed by atoms with E-state index in [1.165, 1.54) is 38.1 Å². The molecule has 1 unspecified atom stereocenters. The fourth-order valence-electron chi connectivity index (χ4n) is 4.63. The second-order valence-electron chi connectivity index (χ2n) is 9.79. The van der Waals surface area contributed by atoms with Crippen LogP contribution in [0.1, 0.15) is 32.3 Å². The molecule has 1 aliphatic rings. The number of nitrogens with zero attached hydrogens (tertiary/aromatic N) is 2. The highest BCUT2D eigenvalue weighted by Gasteiger charge is 2.49. The number of carbonyl (C=O) groups is 2. The van der Waals surface area contributed by atoms with Crippen molar-refractivity contribution in [2.45, 2.75) is 48.7 Å². The van der Waals surface area contributed by atoms with Gasteiger partial charge in [-0.1, -0.05) is 24.3 Å². The molecule has 1 fully saturated rings. The first-order valence-corrected chi connectivity index (χ1v) is 13.4. The molecular weight excluding hydrogens is 566 g/mol. The number of pyridine rings is 1. The average molecular weight is 590 g/mol. The lowest BCUT2D eigenvalue weighted by molar-refractivity contribution is -0.839. The first kappa shape index (κ1) is 29.3. The monoisotopic (exact) mass is 589 g/mol. The molecule has 0 bridgehead atoms. The number of carbonyl (C=O) groups excluding carboxylic acids is 2. The first-order chi connectivity index (χ1) is 18.4. The molecule has 0 radical (unpaired) electrons. The molecule has 0 N–H and O–H groups in total. The number of halogens is 6. The van der Waals surface area contributed by atoms with Gasteiger partial charge in [0.05, 0.1) is 28.2 Å². The van der Waals surface area contributed by atoms with E-state index in [1.54, 1.807) is 12.1 Å². The molecule has 1 amide bonds. The Morgan fingerprint density at radius 1 is 0.975 bits per heavy atom. The third-order valence-corrected chi connectivity index (χ3v) is 9.62. The summed E-state index contributed by atoms with van der Waals surface area (Å²) in [5.41, 5.74) is -1.07. The topological polar surface area (TPSA) is 84.6 Å². The summed E-state index contributed by atoms with van der Waals surface area (Å²) in [6.45, 7) is 2.47. The minimum absolute atomic E-state index is 0.0387. The Balaban J connectivity index is 1.66. The van der Waals surface area contributed by atoms with Gasteiger partial charge in [-0.3, -0.25) is 0 Å². The summed E-state index contributed by atoms with van der Waals surface area (Å²) < 4.78 is 104. The third kappa shape index (κ3) is 5.36. The molecule has 0 saturated carbocycles. The van der Waals surface area contributed by atoms with Crippen LogP contribution in [0.3, 0.4) is 0 Å². The van der Waals surface area contributed by atoms with E-state index < -0.39 is 55.2 Å². The smallest absolute Gasteiger partial charge is 0.247 e. The maximum Gasteiger partial charge on any atom is 0.495 e. The molecule has 3 aromatic rings. The van der Waals surface area contributed by atoms with Crippen LogP contribution in [0.2, 0.25) is 0 Å². The number of alkyl halides is 6. The number of hydrogen-bond acceptors (Lipinski definition) is 5. The summed E-state index contributed by atoms with van der Waals surface area (Å²) >= 11 is 0. The van der Waals surface area contributed by atoms with Crippen LogP contribution >= 0.6 is 0 Å². The van der Waals surface area contributed by atoms with Gasteiger partial charge in [-0.15, -0.1) is 0 Å². The van der Waals surface area contributed by atoms with Gasteiger partial charge in [0.15, 0.2) is 15.4 Å². The van der Waals surface area contributed by atoms with E-state index in [2.05, 4.69) is 4.84 Å². The van der Waals surface area contributed by atoms with Crippen molar-refractivity contribution in [3.63, 3.8) is 0 Å². The molecule has 4 rings (SSSR count). The van der Waals surface area contributed by atoms with E-state index in [0.29, 0.717) is 16.2 Å². The Bertz CT molecular complexity index is 1580. The first-order valence-electron chi connectivity index (χ1n) is 11.9. The Morgan fingerprint density at radius 3 is 2.27 bits per heavy atom. The second-order valence-corrected chi connectivity index (χ2v) is 12.3. The molecule has 1 saturated heterocycles. The van der Waals surface area contributed by atoms with Crippen LogP contribution in [-0.2, 0) is 25.6 Å². The number of para-hydroxylation sites is 1. The van der Waals surface area contributed by atoms with E-state index in [-0.39, 0.29) is 30.7 Å². The molecule has 40 heavy (non-hydrogen) atoms. The van der Waals surface area contributed by atoms with Gasteiger partial charge in [0.1, 0.15) is 0 Å². The van der Waals surface area contributed by atoms with Crippen LogP contribution in [0.25, 0.3) is 10.9 Å². The molecular formula is C26H23F6N2O5S+. The normalized spacial score (nSPS) is 17.2. The zero-order valence-electron chi connectivity index (χ0n) is 21.1. The minimum Gasteiger partial charge on any atom is -0.247 e. The molecule has 2 heterocycles. The number of rotatable bonds is 5. The van der Waals surface area contributed by atoms with Crippen LogP contribution in [-0.4, -0.2) is 37.8 Å². The van der Waals surface area contributed by atoms with E-state index in [0.717, 1.165) is 23.1 Å². The lowest BCUT2D eigenvalue weighted by Crippen LogP contribution is -2.57. The van der Waals surface area contributed by atoms with E-state index in [4.69, 9.17) is 0 Å². The predicted octanol–water partition coefficient (Wildman–Crippen LogP) is 4.66. The lowest BCUT2D eigenvalue weighted by atomic mass is 9.85.